The Labute approximate surface area is 343 Å². The van der Waals surface area contributed by atoms with E-state index in [9.17, 15) is 9.59 Å². The average molecular weight is 912 g/mol. The molecule has 4 aromatic carbocycles. The molecule has 13 heteroatoms. The van der Waals surface area contributed by atoms with E-state index in [2.05, 4.69) is 32.9 Å². The maximum absolute atomic E-state index is 11.8. The predicted octanol–water partition coefficient (Wildman–Crippen LogP) is 11.6. The van der Waals surface area contributed by atoms with E-state index in [-0.39, 0.29) is 17.9 Å². The van der Waals surface area contributed by atoms with E-state index < -0.39 is 11.2 Å². The summed E-state index contributed by atoms with van der Waals surface area (Å²) in [5.41, 5.74) is 6.55. The highest BCUT2D eigenvalue weighted by atomic mass is 127. The second-order valence-electron chi connectivity index (χ2n) is 12.8. The fourth-order valence-electron chi connectivity index (χ4n) is 6.06. The van der Waals surface area contributed by atoms with Crippen LogP contribution in [0.4, 0.5) is 0 Å². The van der Waals surface area contributed by atoms with Crippen molar-refractivity contribution in [2.24, 2.45) is 16.2 Å². The molecule has 0 saturated heterocycles. The third-order valence-corrected chi connectivity index (χ3v) is 10.1. The number of methoxy groups -OCH3 is 2. The summed E-state index contributed by atoms with van der Waals surface area (Å²) < 4.78 is 9.57. The number of benzene rings is 4. The molecule has 8 nitrogen and oxygen atoms in total. The first-order valence-electron chi connectivity index (χ1n) is 16.3. The van der Waals surface area contributed by atoms with Gasteiger partial charge >= 0.3 is 11.9 Å². The molecule has 2 heterocycles. The van der Waals surface area contributed by atoms with Crippen molar-refractivity contribution >= 4 is 92.4 Å². The Morgan fingerprint density at radius 2 is 1.15 bits per heavy atom. The summed E-state index contributed by atoms with van der Waals surface area (Å²) >= 11 is 26.7. The highest BCUT2D eigenvalue weighted by Gasteiger charge is 2.44. The lowest BCUT2D eigenvalue weighted by molar-refractivity contribution is -0.0308. The van der Waals surface area contributed by atoms with E-state index in [1.54, 1.807) is 24.3 Å². The van der Waals surface area contributed by atoms with Gasteiger partial charge in [0.05, 0.1) is 36.8 Å². The first-order valence-corrected chi connectivity index (χ1v) is 20.0. The molecule has 4 aromatic rings. The van der Waals surface area contributed by atoms with Gasteiger partial charge in [0.2, 0.25) is 0 Å². The first-order chi connectivity index (χ1) is 25.1. The lowest BCUT2D eigenvalue weighted by Crippen LogP contribution is -2.31. The highest BCUT2D eigenvalue weighted by molar-refractivity contribution is 14.1. The van der Waals surface area contributed by atoms with Gasteiger partial charge in [-0.15, -0.1) is 0 Å². The van der Waals surface area contributed by atoms with Crippen molar-refractivity contribution in [3.8, 4) is 0 Å². The number of alkyl halides is 1. The molecule has 280 valence electrons. The van der Waals surface area contributed by atoms with Crippen LogP contribution in [0, 0.1) is 19.8 Å². The first kappa shape index (κ1) is 42.4. The topological polar surface area (TPSA) is 95.8 Å². The summed E-state index contributed by atoms with van der Waals surface area (Å²) in [5, 5.41) is 10.8. The van der Waals surface area contributed by atoms with E-state index in [4.69, 9.17) is 65.6 Å². The highest BCUT2D eigenvalue weighted by Crippen LogP contribution is 2.43. The molecule has 0 aromatic heterocycles. The molecule has 0 aliphatic carbocycles. The third kappa shape index (κ3) is 9.49. The summed E-state index contributed by atoms with van der Waals surface area (Å²) in [6, 6.07) is 21.7. The Hall–Kier alpha value is -3.35. The van der Waals surface area contributed by atoms with Crippen molar-refractivity contribution < 1.29 is 28.7 Å². The number of oxime groups is 2. The van der Waals surface area contributed by atoms with Crippen LogP contribution in [-0.2, 0) is 30.4 Å². The van der Waals surface area contributed by atoms with E-state index in [1.807, 2.05) is 88.1 Å². The van der Waals surface area contributed by atoms with Gasteiger partial charge in [-0.25, -0.2) is 9.59 Å². The number of esters is 2. The van der Waals surface area contributed by atoms with Crippen LogP contribution in [0.1, 0.15) is 81.3 Å². The van der Waals surface area contributed by atoms with Crippen LogP contribution >= 0.6 is 69.0 Å². The zero-order valence-electron chi connectivity index (χ0n) is 30.4. The maximum atomic E-state index is 11.8. The molecule has 53 heavy (non-hydrogen) atoms. The number of carbonyl (C=O) groups is 2. The summed E-state index contributed by atoms with van der Waals surface area (Å²) in [6.45, 7) is 9.69. The molecule has 0 spiro atoms. The Morgan fingerprint density at radius 3 is 1.62 bits per heavy atom. The fraction of sp³-hybridized carbons (Fsp3) is 0.300. The number of carbonyl (C=O) groups excluding carboxylic acids is 2. The maximum Gasteiger partial charge on any atom is 0.338 e. The van der Waals surface area contributed by atoms with E-state index in [0.717, 1.165) is 44.8 Å². The molecule has 3 unspecified atom stereocenters. The SMILES string of the molecule is CI.COC(=O)c1ccc(C2=NOC(C)(c3cc(Cl)cc(Cl)c3)C2)cc1C.COC(=O)c1ccc(C2=NOC(C)(c3cc(Cl)cc(Cl)c3)C2C)cc1C. The molecule has 0 amide bonds. The lowest BCUT2D eigenvalue weighted by Gasteiger charge is -2.28. The molecule has 3 atom stereocenters. The van der Waals surface area contributed by atoms with Crippen molar-refractivity contribution in [1.29, 1.82) is 0 Å². The Bertz CT molecular complexity index is 2050. The van der Waals surface area contributed by atoms with Gasteiger partial charge in [0, 0.05) is 49.1 Å². The van der Waals surface area contributed by atoms with E-state index in [1.165, 1.54) is 14.2 Å². The van der Waals surface area contributed by atoms with Crippen LogP contribution < -0.4 is 0 Å². The number of rotatable bonds is 6. The average Bonchev–Trinajstić information content (AvgIpc) is 3.68. The minimum atomic E-state index is -0.682. The quantitative estimate of drug-likeness (QED) is 0.109. The summed E-state index contributed by atoms with van der Waals surface area (Å²) in [5.74, 6) is -0.752. The summed E-state index contributed by atoms with van der Waals surface area (Å²) in [6.07, 6.45) is 0.570. The molecule has 6 rings (SSSR count). The van der Waals surface area contributed by atoms with Crippen LogP contribution in [0.2, 0.25) is 20.1 Å². The molecular weight excluding hydrogens is 873 g/mol. The molecule has 0 N–H and O–H groups in total. The molecule has 2 aliphatic rings. The second-order valence-corrected chi connectivity index (χ2v) is 14.5. The third-order valence-electron chi connectivity index (χ3n) is 9.23. The monoisotopic (exact) mass is 910 g/mol. The Balaban J connectivity index is 0.000000226. The van der Waals surface area contributed by atoms with Crippen LogP contribution in [0.3, 0.4) is 0 Å². The molecule has 0 saturated carbocycles. The van der Waals surface area contributed by atoms with Crippen molar-refractivity contribution in [2.45, 2.75) is 52.2 Å². The zero-order valence-corrected chi connectivity index (χ0v) is 35.6. The normalized spacial score (nSPS) is 20.0. The van der Waals surface area contributed by atoms with Gasteiger partial charge in [-0.2, -0.15) is 0 Å². The standard InChI is InChI=1S/C20H19Cl2NO3.C19H17Cl2NO3.CH3I/c1-11-7-13(5-6-17(11)19(24)25-4)18-12(2)20(3,26-23-18)14-8-15(21)10-16(22)9-14;1-11-6-12(4-5-16(11)18(23)24-3)17-10-19(2,25-22-17)13-7-14(20)9-15(21)8-13;1-2/h5-10,12H,1-4H3;4-9H,10H2,1-3H3;1H3. The number of hydrogen-bond donors (Lipinski definition) is 0. The van der Waals surface area contributed by atoms with Gasteiger partial charge in [-0.1, -0.05) is 98.4 Å². The van der Waals surface area contributed by atoms with Crippen LogP contribution in [0.5, 0.6) is 0 Å². The largest absolute Gasteiger partial charge is 0.465 e. The van der Waals surface area contributed by atoms with Crippen LogP contribution in [-0.4, -0.2) is 42.5 Å². The summed E-state index contributed by atoms with van der Waals surface area (Å²) in [4.78, 5) is 37.0. The molecule has 0 fully saturated rings. The number of hydrogen-bond acceptors (Lipinski definition) is 8. The smallest absolute Gasteiger partial charge is 0.338 e. The Kier molecular flexibility index (Phi) is 14.3. The Morgan fingerprint density at radius 1 is 0.698 bits per heavy atom. The van der Waals surface area contributed by atoms with Crippen LogP contribution in [0.15, 0.2) is 83.1 Å². The second kappa shape index (κ2) is 17.9. The van der Waals surface area contributed by atoms with E-state index >= 15 is 0 Å². The number of halogens is 5. The number of nitrogens with zero attached hydrogens (tertiary/aromatic N) is 2. The molecule has 0 bridgehead atoms. The van der Waals surface area contributed by atoms with Crippen molar-refractivity contribution in [1.82, 2.24) is 0 Å². The van der Waals surface area contributed by atoms with Gasteiger partial charge in [0.25, 0.3) is 0 Å². The minimum Gasteiger partial charge on any atom is -0.465 e. The predicted molar refractivity (Wildman–Crippen MR) is 222 cm³/mol. The van der Waals surface area contributed by atoms with Crippen LogP contribution in [0.25, 0.3) is 0 Å². The van der Waals surface area contributed by atoms with Crippen molar-refractivity contribution in [2.75, 3.05) is 19.2 Å². The van der Waals surface area contributed by atoms with Gasteiger partial charge in [0.1, 0.15) is 0 Å². The lowest BCUT2D eigenvalue weighted by atomic mass is 9.80. The minimum absolute atomic E-state index is 0.0413. The molecular formula is C40H39Cl4IN2O6. The van der Waals surface area contributed by atoms with Crippen molar-refractivity contribution in [3.05, 3.63) is 137 Å². The van der Waals surface area contributed by atoms with E-state index in [0.29, 0.717) is 37.6 Å². The number of aryl methyl sites for hydroxylation is 2. The van der Waals surface area contributed by atoms with Gasteiger partial charge in [-0.3, -0.25) is 0 Å². The molecule has 2 aliphatic heterocycles. The van der Waals surface area contributed by atoms with Crippen molar-refractivity contribution in [3.63, 3.8) is 0 Å². The zero-order chi connectivity index (χ0) is 39.2. The number of ether oxygens (including phenoxy) is 2. The van der Waals surface area contributed by atoms with Gasteiger partial charge in [-0.05, 0) is 110 Å². The summed E-state index contributed by atoms with van der Waals surface area (Å²) in [7, 11) is 2.74. The van der Waals surface area contributed by atoms with Gasteiger partial charge in [0.15, 0.2) is 11.2 Å². The molecule has 0 radical (unpaired) electrons. The fourth-order valence-corrected chi connectivity index (χ4v) is 7.11. The van der Waals surface area contributed by atoms with Gasteiger partial charge < -0.3 is 19.1 Å².